The maximum atomic E-state index is 13.3. The number of nitriles is 1. The fraction of sp³-hybridized carbons (Fsp3) is 0.316. The van der Waals surface area contributed by atoms with Crippen LogP contribution in [0.3, 0.4) is 0 Å². The summed E-state index contributed by atoms with van der Waals surface area (Å²) in [5.41, 5.74) is 3.09. The second kappa shape index (κ2) is 8.07. The van der Waals surface area contributed by atoms with E-state index in [9.17, 15) is 14.4 Å². The fourth-order valence-corrected chi connectivity index (χ4v) is 4.05. The van der Waals surface area contributed by atoms with Gasteiger partial charge in [0.15, 0.2) is 0 Å². The molecule has 0 spiro atoms. The molecule has 26 heavy (non-hydrogen) atoms. The Morgan fingerprint density at radius 1 is 1.46 bits per heavy atom. The van der Waals surface area contributed by atoms with E-state index in [1.807, 2.05) is 13.0 Å². The Morgan fingerprint density at radius 3 is 2.96 bits per heavy atom. The van der Waals surface area contributed by atoms with E-state index in [1.165, 1.54) is 30.0 Å². The third-order valence-electron chi connectivity index (χ3n) is 4.24. The lowest BCUT2D eigenvalue weighted by Gasteiger charge is -2.16. The van der Waals surface area contributed by atoms with Crippen LogP contribution in [0, 0.1) is 17.1 Å². The van der Waals surface area contributed by atoms with E-state index in [4.69, 9.17) is 11.6 Å². The van der Waals surface area contributed by atoms with Crippen molar-refractivity contribution in [2.75, 3.05) is 5.32 Å². The summed E-state index contributed by atoms with van der Waals surface area (Å²) in [4.78, 5) is 17.2. The van der Waals surface area contributed by atoms with Crippen LogP contribution in [0.15, 0.2) is 29.3 Å². The summed E-state index contributed by atoms with van der Waals surface area (Å²) in [6, 6.07) is 8.12. The summed E-state index contributed by atoms with van der Waals surface area (Å²) in [7, 11) is 0. The van der Waals surface area contributed by atoms with Gasteiger partial charge in [-0.15, -0.1) is 0 Å². The first kappa shape index (κ1) is 18.7. The number of hydrogen-bond acceptors (Lipinski definition) is 4. The predicted octanol–water partition coefficient (Wildman–Crippen LogP) is 4.74. The van der Waals surface area contributed by atoms with Crippen molar-refractivity contribution in [3.8, 4) is 6.07 Å². The molecule has 4 nitrogen and oxygen atoms in total. The van der Waals surface area contributed by atoms with Gasteiger partial charge in [-0.25, -0.2) is 9.37 Å². The third-order valence-corrected chi connectivity index (χ3v) is 5.90. The normalized spacial score (nSPS) is 13.8. The maximum Gasteiger partial charge on any atom is 0.237 e. The summed E-state index contributed by atoms with van der Waals surface area (Å²) in [6.07, 6.45) is 3.47. The average Bonchev–Trinajstić information content (AvgIpc) is 3.09. The second-order valence-electron chi connectivity index (χ2n) is 6.05. The van der Waals surface area contributed by atoms with Crippen LogP contribution >= 0.6 is 23.4 Å². The highest BCUT2D eigenvalue weighted by Gasteiger charge is 2.23. The van der Waals surface area contributed by atoms with Crippen molar-refractivity contribution in [3.63, 3.8) is 0 Å². The number of halogens is 2. The lowest BCUT2D eigenvalue weighted by atomic mass is 10.2. The number of benzene rings is 1. The largest absolute Gasteiger partial charge is 0.325 e. The molecule has 1 aromatic carbocycles. The van der Waals surface area contributed by atoms with Gasteiger partial charge in [0.05, 0.1) is 15.8 Å². The highest BCUT2D eigenvalue weighted by atomic mass is 35.5. The van der Waals surface area contributed by atoms with Crippen molar-refractivity contribution in [3.05, 3.63) is 51.9 Å². The molecule has 3 rings (SSSR count). The molecule has 1 aliphatic rings. The van der Waals surface area contributed by atoms with Crippen molar-refractivity contribution >= 4 is 35.0 Å². The summed E-state index contributed by atoms with van der Waals surface area (Å²) in [6.45, 7) is 1.90. The van der Waals surface area contributed by atoms with Gasteiger partial charge in [-0.2, -0.15) is 5.26 Å². The summed E-state index contributed by atoms with van der Waals surface area (Å²) >= 11 is 7.04. The Morgan fingerprint density at radius 2 is 2.27 bits per heavy atom. The number of pyridine rings is 1. The van der Waals surface area contributed by atoms with Crippen LogP contribution in [0.25, 0.3) is 0 Å². The number of nitrogens with zero attached hydrogens (tertiary/aromatic N) is 2. The predicted molar refractivity (Wildman–Crippen MR) is 101 cm³/mol. The molecule has 1 heterocycles. The number of carbonyl (C=O) groups excluding carboxylic acids is 1. The first-order valence-corrected chi connectivity index (χ1v) is 9.63. The number of hydrogen-bond donors (Lipinski definition) is 1. The lowest BCUT2D eigenvalue weighted by molar-refractivity contribution is -0.115. The van der Waals surface area contributed by atoms with Gasteiger partial charge in [-0.05, 0) is 55.5 Å². The SMILES string of the molecule is CCC(Sc1nc2c(cc1C#N)CCC2)C(=O)Nc1ccc(F)c(Cl)c1. The molecule has 7 heteroatoms. The molecule has 0 saturated carbocycles. The molecule has 0 fully saturated rings. The number of amides is 1. The quantitative estimate of drug-likeness (QED) is 0.750. The standard InChI is InChI=1S/C19H17ClFN3OS/c1-2-17(18(25)23-13-6-7-15(21)14(20)9-13)26-19-12(10-22)8-11-4-3-5-16(11)24-19/h6-9,17H,2-5H2,1H3,(H,23,25). The molecule has 0 radical (unpaired) electrons. The number of carbonyl (C=O) groups is 1. The van der Waals surface area contributed by atoms with Crippen LogP contribution < -0.4 is 5.32 Å². The van der Waals surface area contributed by atoms with E-state index in [0.29, 0.717) is 22.7 Å². The smallest absolute Gasteiger partial charge is 0.237 e. The van der Waals surface area contributed by atoms with Crippen LogP contribution in [0.5, 0.6) is 0 Å². The molecule has 1 atom stereocenters. The van der Waals surface area contributed by atoms with E-state index in [0.717, 1.165) is 30.5 Å². The molecule has 134 valence electrons. The highest BCUT2D eigenvalue weighted by molar-refractivity contribution is 8.00. The van der Waals surface area contributed by atoms with Crippen molar-refractivity contribution in [1.29, 1.82) is 5.26 Å². The van der Waals surface area contributed by atoms with Gasteiger partial charge in [-0.3, -0.25) is 4.79 Å². The fourth-order valence-electron chi connectivity index (χ4n) is 2.88. The zero-order chi connectivity index (χ0) is 18.7. The van der Waals surface area contributed by atoms with Crippen molar-refractivity contribution in [1.82, 2.24) is 4.98 Å². The third kappa shape index (κ3) is 4.00. The molecule has 0 saturated heterocycles. The number of thioether (sulfide) groups is 1. The summed E-state index contributed by atoms with van der Waals surface area (Å²) in [5.74, 6) is -0.765. The maximum absolute atomic E-state index is 13.3. The molecule has 1 aliphatic carbocycles. The summed E-state index contributed by atoms with van der Waals surface area (Å²) < 4.78 is 13.3. The molecular weight excluding hydrogens is 373 g/mol. The lowest BCUT2D eigenvalue weighted by Crippen LogP contribution is -2.25. The Hall–Kier alpha value is -2.10. The first-order valence-electron chi connectivity index (χ1n) is 8.37. The molecule has 0 bridgehead atoms. The zero-order valence-electron chi connectivity index (χ0n) is 14.2. The monoisotopic (exact) mass is 389 g/mol. The Balaban J connectivity index is 1.78. The van der Waals surface area contributed by atoms with Gasteiger partial charge in [0.25, 0.3) is 0 Å². The van der Waals surface area contributed by atoms with Gasteiger partial charge >= 0.3 is 0 Å². The Labute approximate surface area is 160 Å². The van der Waals surface area contributed by atoms with E-state index in [-0.39, 0.29) is 10.9 Å². The van der Waals surface area contributed by atoms with Crippen LogP contribution in [0.1, 0.15) is 36.6 Å². The van der Waals surface area contributed by atoms with Gasteiger partial charge < -0.3 is 5.32 Å². The van der Waals surface area contributed by atoms with Crippen molar-refractivity contribution in [2.45, 2.75) is 42.9 Å². The average molecular weight is 390 g/mol. The first-order chi connectivity index (χ1) is 12.5. The van der Waals surface area contributed by atoms with Crippen LogP contribution in [-0.2, 0) is 17.6 Å². The molecule has 2 aromatic rings. The van der Waals surface area contributed by atoms with Gasteiger partial charge in [-0.1, -0.05) is 30.3 Å². The zero-order valence-corrected chi connectivity index (χ0v) is 15.8. The van der Waals surface area contributed by atoms with Gasteiger partial charge in [0.1, 0.15) is 16.9 Å². The molecule has 1 amide bonds. The number of anilines is 1. The minimum absolute atomic E-state index is 0.0458. The van der Waals surface area contributed by atoms with Crippen molar-refractivity contribution < 1.29 is 9.18 Å². The van der Waals surface area contributed by atoms with Crippen LogP contribution in [0.2, 0.25) is 5.02 Å². The molecular formula is C19H17ClFN3OS. The minimum atomic E-state index is -0.535. The molecule has 1 aromatic heterocycles. The van der Waals surface area contributed by atoms with Crippen LogP contribution in [-0.4, -0.2) is 16.1 Å². The van der Waals surface area contributed by atoms with E-state index < -0.39 is 11.1 Å². The summed E-state index contributed by atoms with van der Waals surface area (Å²) in [5, 5.41) is 12.3. The van der Waals surface area contributed by atoms with E-state index >= 15 is 0 Å². The number of nitrogens with one attached hydrogen (secondary N) is 1. The highest BCUT2D eigenvalue weighted by Crippen LogP contribution is 2.32. The number of rotatable bonds is 5. The Bertz CT molecular complexity index is 897. The van der Waals surface area contributed by atoms with E-state index in [1.54, 1.807) is 0 Å². The molecule has 0 aliphatic heterocycles. The topological polar surface area (TPSA) is 65.8 Å². The number of aromatic nitrogens is 1. The molecule has 1 N–H and O–H groups in total. The minimum Gasteiger partial charge on any atom is -0.325 e. The van der Waals surface area contributed by atoms with Gasteiger partial charge in [0, 0.05) is 11.4 Å². The van der Waals surface area contributed by atoms with Crippen LogP contribution in [0.4, 0.5) is 10.1 Å². The van der Waals surface area contributed by atoms with Crippen molar-refractivity contribution in [2.24, 2.45) is 0 Å². The number of aryl methyl sites for hydroxylation is 2. The Kier molecular flexibility index (Phi) is 5.80. The second-order valence-corrected chi connectivity index (χ2v) is 7.64. The van der Waals surface area contributed by atoms with Gasteiger partial charge in [0.2, 0.25) is 5.91 Å². The number of fused-ring (bicyclic) bond motifs is 1. The molecule has 1 unspecified atom stereocenters. The van der Waals surface area contributed by atoms with E-state index in [2.05, 4.69) is 16.4 Å².